The van der Waals surface area contributed by atoms with Crippen LogP contribution in [0.15, 0.2) is 5.16 Å². The largest absolute Gasteiger partial charge is 0.409 e. The summed E-state index contributed by atoms with van der Waals surface area (Å²) in [5, 5.41) is 15.5. The molecule has 0 saturated heterocycles. The topological polar surface area (TPSA) is 70.6 Å². The van der Waals surface area contributed by atoms with E-state index in [4.69, 9.17) is 10.9 Å². The fourth-order valence-corrected chi connectivity index (χ4v) is 2.44. The molecule has 2 saturated carbocycles. The fraction of sp³-hybridized carbons (Fsp3) is 0.923. The Morgan fingerprint density at radius 1 is 1.35 bits per heavy atom. The van der Waals surface area contributed by atoms with Crippen LogP contribution in [0.4, 0.5) is 0 Å². The zero-order chi connectivity index (χ0) is 12.5. The van der Waals surface area contributed by atoms with Gasteiger partial charge in [-0.05, 0) is 50.5 Å². The van der Waals surface area contributed by atoms with Crippen LogP contribution in [0.5, 0.6) is 0 Å². The predicted molar refractivity (Wildman–Crippen MR) is 69.0 cm³/mol. The first-order chi connectivity index (χ1) is 8.04. The third-order valence-corrected chi connectivity index (χ3v) is 4.19. The van der Waals surface area contributed by atoms with Crippen molar-refractivity contribution in [3.63, 3.8) is 0 Å². The van der Waals surface area contributed by atoms with Crippen LogP contribution < -0.4 is 11.1 Å². The molecule has 0 aromatic carbocycles. The van der Waals surface area contributed by atoms with Gasteiger partial charge in [0.25, 0.3) is 0 Å². The van der Waals surface area contributed by atoms with Gasteiger partial charge >= 0.3 is 0 Å². The van der Waals surface area contributed by atoms with E-state index in [0.29, 0.717) is 5.84 Å². The summed E-state index contributed by atoms with van der Waals surface area (Å²) in [6, 6.07) is 0.734. The van der Waals surface area contributed by atoms with Gasteiger partial charge in [-0.25, -0.2) is 0 Å². The van der Waals surface area contributed by atoms with E-state index in [1.54, 1.807) is 0 Å². The van der Waals surface area contributed by atoms with E-state index in [2.05, 4.69) is 10.5 Å². The zero-order valence-electron chi connectivity index (χ0n) is 10.9. The minimum absolute atomic E-state index is 0.223. The second-order valence-electron chi connectivity index (χ2n) is 6.27. The Morgan fingerprint density at radius 2 is 1.88 bits per heavy atom. The van der Waals surface area contributed by atoms with Crippen molar-refractivity contribution < 1.29 is 5.21 Å². The molecule has 0 unspecified atom stereocenters. The average Bonchev–Trinajstić information content (AvgIpc) is 3.15. The van der Waals surface area contributed by atoms with Crippen LogP contribution in [0, 0.1) is 17.3 Å². The molecule has 2 aliphatic rings. The Balaban J connectivity index is 1.74. The maximum absolute atomic E-state index is 8.72. The predicted octanol–water partition coefficient (Wildman–Crippen LogP) is 1.93. The molecular formula is C13H25N3O. The van der Waals surface area contributed by atoms with Gasteiger partial charge in [-0.15, -0.1) is 0 Å². The lowest BCUT2D eigenvalue weighted by Crippen LogP contribution is -2.39. The van der Waals surface area contributed by atoms with E-state index in [-0.39, 0.29) is 5.41 Å². The van der Waals surface area contributed by atoms with E-state index >= 15 is 0 Å². The molecule has 0 amide bonds. The summed E-state index contributed by atoms with van der Waals surface area (Å²) in [6.45, 7) is 5.00. The molecule has 2 fully saturated rings. The molecule has 17 heavy (non-hydrogen) atoms. The smallest absolute Gasteiger partial charge is 0.144 e. The molecule has 2 rings (SSSR count). The van der Waals surface area contributed by atoms with Crippen LogP contribution in [0.25, 0.3) is 0 Å². The molecule has 0 atom stereocenters. The maximum Gasteiger partial charge on any atom is 0.144 e. The highest BCUT2D eigenvalue weighted by Gasteiger charge is 2.41. The molecule has 0 spiro atoms. The number of nitrogens with zero attached hydrogens (tertiary/aromatic N) is 1. The molecular weight excluding hydrogens is 214 g/mol. The number of rotatable bonds is 7. The lowest BCUT2D eigenvalue weighted by Gasteiger charge is -2.25. The fourth-order valence-electron chi connectivity index (χ4n) is 2.44. The van der Waals surface area contributed by atoms with Gasteiger partial charge in [0.05, 0.1) is 0 Å². The number of amidine groups is 1. The number of nitrogens with two attached hydrogens (primary N) is 1. The second-order valence-corrected chi connectivity index (χ2v) is 6.27. The molecule has 0 aromatic heterocycles. The maximum atomic E-state index is 8.72. The summed E-state index contributed by atoms with van der Waals surface area (Å²) >= 11 is 0. The quantitative estimate of drug-likeness (QED) is 0.275. The summed E-state index contributed by atoms with van der Waals surface area (Å²) in [5.74, 6) is 2.18. The van der Waals surface area contributed by atoms with Crippen LogP contribution in [0.1, 0.15) is 46.0 Å². The summed E-state index contributed by atoms with van der Waals surface area (Å²) < 4.78 is 0. The monoisotopic (exact) mass is 239 g/mol. The molecule has 0 aromatic rings. The van der Waals surface area contributed by atoms with Gasteiger partial charge in [-0.1, -0.05) is 19.0 Å². The van der Waals surface area contributed by atoms with Crippen molar-refractivity contribution >= 4 is 5.84 Å². The Morgan fingerprint density at radius 3 is 2.29 bits per heavy atom. The van der Waals surface area contributed by atoms with E-state index in [1.165, 1.54) is 25.7 Å². The summed E-state index contributed by atoms with van der Waals surface area (Å²) in [7, 11) is 0. The molecule has 0 aliphatic heterocycles. The normalized spacial score (nSPS) is 22.2. The molecule has 0 heterocycles. The molecule has 98 valence electrons. The van der Waals surface area contributed by atoms with Crippen molar-refractivity contribution in [3.05, 3.63) is 0 Å². The SMILES string of the molecule is CC(C)(CCNC(C1CC1)C1CC1)C(N)=NO. The standard InChI is InChI=1S/C13H25N3O/c1-13(2,12(14)16-17)7-8-15-11(9-3-4-9)10-5-6-10/h9-11,15,17H,3-8H2,1-2H3,(H2,14,16). The van der Waals surface area contributed by atoms with Crippen molar-refractivity contribution in [1.29, 1.82) is 0 Å². The summed E-state index contributed by atoms with van der Waals surface area (Å²) in [4.78, 5) is 0. The number of hydrogen-bond acceptors (Lipinski definition) is 3. The first kappa shape index (κ1) is 12.7. The summed E-state index contributed by atoms with van der Waals surface area (Å²) in [6.07, 6.45) is 6.52. The first-order valence-electron chi connectivity index (χ1n) is 6.76. The highest BCUT2D eigenvalue weighted by molar-refractivity contribution is 5.85. The van der Waals surface area contributed by atoms with E-state index in [0.717, 1.165) is 30.8 Å². The van der Waals surface area contributed by atoms with Gasteiger partial charge < -0.3 is 16.3 Å². The Hall–Kier alpha value is -0.770. The van der Waals surface area contributed by atoms with Crippen LogP contribution in [-0.2, 0) is 0 Å². The third kappa shape index (κ3) is 3.35. The van der Waals surface area contributed by atoms with Crippen LogP contribution in [0.3, 0.4) is 0 Å². The van der Waals surface area contributed by atoms with Crippen molar-refractivity contribution in [2.45, 2.75) is 52.0 Å². The minimum Gasteiger partial charge on any atom is -0.409 e. The van der Waals surface area contributed by atoms with E-state index < -0.39 is 0 Å². The Bertz CT molecular complexity index is 281. The van der Waals surface area contributed by atoms with Gasteiger partial charge in [0.1, 0.15) is 5.84 Å². The molecule has 4 nitrogen and oxygen atoms in total. The van der Waals surface area contributed by atoms with Crippen molar-refractivity contribution in [3.8, 4) is 0 Å². The Kier molecular flexibility index (Phi) is 3.61. The van der Waals surface area contributed by atoms with Crippen LogP contribution >= 0.6 is 0 Å². The van der Waals surface area contributed by atoms with Gasteiger partial charge in [0, 0.05) is 11.5 Å². The molecule has 0 radical (unpaired) electrons. The Labute approximate surface area is 104 Å². The van der Waals surface area contributed by atoms with Crippen LogP contribution in [-0.4, -0.2) is 23.6 Å². The lowest BCUT2D eigenvalue weighted by atomic mass is 9.88. The highest BCUT2D eigenvalue weighted by Crippen LogP contribution is 2.44. The van der Waals surface area contributed by atoms with Gasteiger partial charge in [0.2, 0.25) is 0 Å². The first-order valence-corrected chi connectivity index (χ1v) is 6.76. The number of nitrogens with one attached hydrogen (secondary N) is 1. The average molecular weight is 239 g/mol. The van der Waals surface area contributed by atoms with Gasteiger partial charge in [-0.2, -0.15) is 0 Å². The highest BCUT2D eigenvalue weighted by atomic mass is 16.4. The zero-order valence-corrected chi connectivity index (χ0v) is 10.9. The van der Waals surface area contributed by atoms with Crippen molar-refractivity contribution in [2.24, 2.45) is 28.1 Å². The minimum atomic E-state index is -0.223. The number of hydrogen-bond donors (Lipinski definition) is 3. The van der Waals surface area contributed by atoms with E-state index in [9.17, 15) is 0 Å². The van der Waals surface area contributed by atoms with Crippen LogP contribution in [0.2, 0.25) is 0 Å². The second kappa shape index (κ2) is 4.84. The third-order valence-electron chi connectivity index (χ3n) is 4.19. The van der Waals surface area contributed by atoms with Gasteiger partial charge in [0.15, 0.2) is 0 Å². The number of oxime groups is 1. The lowest BCUT2D eigenvalue weighted by molar-refractivity contribution is 0.302. The van der Waals surface area contributed by atoms with Crippen molar-refractivity contribution in [1.82, 2.24) is 5.32 Å². The molecule has 4 N–H and O–H groups in total. The van der Waals surface area contributed by atoms with E-state index in [1.807, 2.05) is 13.8 Å². The molecule has 0 bridgehead atoms. The summed E-state index contributed by atoms with van der Waals surface area (Å²) in [5.41, 5.74) is 5.46. The van der Waals surface area contributed by atoms with Crippen molar-refractivity contribution in [2.75, 3.05) is 6.54 Å². The van der Waals surface area contributed by atoms with Gasteiger partial charge in [-0.3, -0.25) is 0 Å². The molecule has 2 aliphatic carbocycles. The molecule has 4 heteroatoms.